The first-order chi connectivity index (χ1) is 13.5. The molecule has 2 N–H and O–H groups in total. The van der Waals surface area contributed by atoms with Crippen LogP contribution in [0.1, 0.15) is 46.5 Å². The van der Waals surface area contributed by atoms with Gasteiger partial charge in [0.2, 0.25) is 0 Å². The lowest BCUT2D eigenvalue weighted by Gasteiger charge is -2.18. The number of carboxylic acids is 1. The zero-order valence-corrected chi connectivity index (χ0v) is 17.3. The van der Waals surface area contributed by atoms with Gasteiger partial charge in [0.25, 0.3) is 0 Å². The Bertz CT molecular complexity index is 1020. The highest BCUT2D eigenvalue weighted by molar-refractivity contribution is 7.19. The number of carboxylic acid groups (broad SMARTS) is 1. The third-order valence-corrected chi connectivity index (χ3v) is 6.70. The zero-order chi connectivity index (χ0) is 19.7. The molecule has 28 heavy (non-hydrogen) atoms. The molecule has 0 saturated carbocycles. The van der Waals surface area contributed by atoms with Crippen LogP contribution in [0.25, 0.3) is 21.3 Å². The maximum atomic E-state index is 10.9. The molecule has 4 nitrogen and oxygen atoms in total. The minimum Gasteiger partial charge on any atom is -0.481 e. The largest absolute Gasteiger partial charge is 0.481 e. The molecule has 3 heterocycles. The minimum absolute atomic E-state index is 0.230. The van der Waals surface area contributed by atoms with Crippen LogP contribution in [0.2, 0.25) is 0 Å². The molecular weight excluding hydrogens is 368 g/mol. The Morgan fingerprint density at radius 2 is 2.00 bits per heavy atom. The van der Waals surface area contributed by atoms with Crippen LogP contribution in [-0.2, 0) is 24.2 Å². The highest BCUT2D eigenvalue weighted by Gasteiger charge is 2.23. The summed E-state index contributed by atoms with van der Waals surface area (Å²) in [5, 5.41) is 13.8. The van der Waals surface area contributed by atoms with E-state index in [9.17, 15) is 4.79 Å². The number of aliphatic carboxylic acids is 1. The predicted molar refractivity (Wildman–Crippen MR) is 115 cm³/mol. The number of aromatic nitrogens is 1. The van der Waals surface area contributed by atoms with Gasteiger partial charge < -0.3 is 10.4 Å². The molecule has 0 radical (unpaired) electrons. The van der Waals surface area contributed by atoms with E-state index in [1.165, 1.54) is 38.1 Å². The molecule has 2 aromatic heterocycles. The first kappa shape index (κ1) is 19.1. The number of fused-ring (bicyclic) bond motifs is 3. The summed E-state index contributed by atoms with van der Waals surface area (Å²) in [5.41, 5.74) is 7.62. The fourth-order valence-corrected chi connectivity index (χ4v) is 5.38. The van der Waals surface area contributed by atoms with E-state index in [1.54, 1.807) is 0 Å². The van der Waals surface area contributed by atoms with Crippen molar-refractivity contribution in [1.82, 2.24) is 10.3 Å². The number of unbranched alkanes of at least 4 members (excludes halogenated alkanes) is 1. The fraction of sp³-hybridized carbons (Fsp3) is 0.391. The predicted octanol–water partition coefficient (Wildman–Crippen LogP) is 5.02. The molecule has 146 valence electrons. The van der Waals surface area contributed by atoms with Crippen LogP contribution in [-0.4, -0.2) is 22.6 Å². The number of hydrogen-bond acceptors (Lipinski definition) is 4. The first-order valence-corrected chi connectivity index (χ1v) is 10.8. The van der Waals surface area contributed by atoms with Gasteiger partial charge in [0.05, 0.1) is 0 Å². The van der Waals surface area contributed by atoms with Crippen LogP contribution in [0.3, 0.4) is 0 Å². The number of carbonyl (C=O) groups is 1. The van der Waals surface area contributed by atoms with Crippen molar-refractivity contribution in [2.24, 2.45) is 0 Å². The number of rotatable bonds is 6. The molecule has 0 saturated heterocycles. The highest BCUT2D eigenvalue weighted by Crippen LogP contribution is 2.42. The Morgan fingerprint density at radius 3 is 2.75 bits per heavy atom. The monoisotopic (exact) mass is 394 g/mol. The van der Waals surface area contributed by atoms with Crippen LogP contribution >= 0.6 is 11.3 Å². The van der Waals surface area contributed by atoms with Gasteiger partial charge in [-0.1, -0.05) is 29.8 Å². The molecule has 4 rings (SSSR count). The molecule has 1 aliphatic heterocycles. The van der Waals surface area contributed by atoms with E-state index in [0.29, 0.717) is 6.42 Å². The van der Waals surface area contributed by atoms with Crippen molar-refractivity contribution in [3.05, 3.63) is 51.5 Å². The molecule has 0 spiro atoms. The van der Waals surface area contributed by atoms with E-state index >= 15 is 0 Å². The van der Waals surface area contributed by atoms with Gasteiger partial charge in [-0.15, -0.1) is 11.3 Å². The quantitative estimate of drug-likeness (QED) is 0.576. The summed E-state index contributed by atoms with van der Waals surface area (Å²) in [6.45, 7) is 6.15. The molecule has 0 fully saturated rings. The second-order valence-corrected chi connectivity index (χ2v) is 8.71. The number of pyridine rings is 1. The van der Waals surface area contributed by atoms with Gasteiger partial charge in [0.1, 0.15) is 4.83 Å². The lowest BCUT2D eigenvalue weighted by molar-refractivity contribution is -0.137. The standard InChI is InChI=1S/C23H26N2O2S/c1-14-7-9-16(10-8-14)21-17(5-3-4-6-20(26)27)15(2)25-23-22(21)18-11-12-24-13-19(18)28-23/h7-10,24H,3-6,11-13H2,1-2H3,(H,26,27). The number of hydrogen-bond donors (Lipinski definition) is 2. The third kappa shape index (κ3) is 3.69. The first-order valence-electron chi connectivity index (χ1n) is 9.98. The lowest BCUT2D eigenvalue weighted by Crippen LogP contribution is -2.22. The van der Waals surface area contributed by atoms with Crippen molar-refractivity contribution in [1.29, 1.82) is 0 Å². The molecule has 0 atom stereocenters. The Labute approximate surface area is 169 Å². The second-order valence-electron chi connectivity index (χ2n) is 7.63. The van der Waals surface area contributed by atoms with E-state index in [1.807, 2.05) is 11.3 Å². The van der Waals surface area contributed by atoms with Crippen LogP contribution in [0, 0.1) is 13.8 Å². The van der Waals surface area contributed by atoms with Gasteiger partial charge in [-0.3, -0.25) is 4.79 Å². The molecule has 0 bridgehead atoms. The van der Waals surface area contributed by atoms with E-state index < -0.39 is 5.97 Å². The summed E-state index contributed by atoms with van der Waals surface area (Å²) < 4.78 is 0. The van der Waals surface area contributed by atoms with Gasteiger partial charge >= 0.3 is 5.97 Å². The Morgan fingerprint density at radius 1 is 1.21 bits per heavy atom. The van der Waals surface area contributed by atoms with Gasteiger partial charge in [0, 0.05) is 28.9 Å². The Hall–Kier alpha value is -2.24. The Balaban J connectivity index is 1.86. The summed E-state index contributed by atoms with van der Waals surface area (Å²) in [7, 11) is 0. The topological polar surface area (TPSA) is 62.2 Å². The van der Waals surface area contributed by atoms with E-state index in [4.69, 9.17) is 10.1 Å². The van der Waals surface area contributed by atoms with Crippen LogP contribution in [0.5, 0.6) is 0 Å². The number of aryl methyl sites for hydroxylation is 2. The number of benzene rings is 1. The number of nitrogens with zero attached hydrogens (tertiary/aromatic N) is 1. The van der Waals surface area contributed by atoms with Crippen molar-refractivity contribution < 1.29 is 9.90 Å². The van der Waals surface area contributed by atoms with Crippen LogP contribution in [0.15, 0.2) is 24.3 Å². The third-order valence-electron chi connectivity index (χ3n) is 5.57. The molecule has 1 aromatic carbocycles. The maximum absolute atomic E-state index is 10.9. The summed E-state index contributed by atoms with van der Waals surface area (Å²) in [6, 6.07) is 8.78. The van der Waals surface area contributed by atoms with Crippen molar-refractivity contribution >= 4 is 27.5 Å². The van der Waals surface area contributed by atoms with E-state index in [0.717, 1.165) is 42.9 Å². The average molecular weight is 395 g/mol. The van der Waals surface area contributed by atoms with Gasteiger partial charge in [-0.05, 0) is 68.3 Å². The number of nitrogens with one attached hydrogen (secondary N) is 1. The van der Waals surface area contributed by atoms with Crippen LogP contribution < -0.4 is 5.32 Å². The molecule has 3 aromatic rings. The smallest absolute Gasteiger partial charge is 0.303 e. The van der Waals surface area contributed by atoms with Crippen molar-refractivity contribution in [3.8, 4) is 11.1 Å². The van der Waals surface area contributed by atoms with E-state index in [-0.39, 0.29) is 6.42 Å². The SMILES string of the molecule is Cc1ccc(-c2c(CCCCC(=O)O)c(C)nc3sc4c(c23)CCNC4)cc1. The number of thiophene rings is 1. The molecule has 0 amide bonds. The Kier molecular flexibility index (Phi) is 5.47. The van der Waals surface area contributed by atoms with Gasteiger partial charge in [0.15, 0.2) is 0 Å². The summed E-state index contributed by atoms with van der Waals surface area (Å²) in [6.07, 6.45) is 3.71. The molecule has 5 heteroatoms. The van der Waals surface area contributed by atoms with Crippen molar-refractivity contribution in [2.45, 2.75) is 52.5 Å². The van der Waals surface area contributed by atoms with Crippen molar-refractivity contribution in [2.75, 3.05) is 6.54 Å². The molecule has 1 aliphatic rings. The van der Waals surface area contributed by atoms with Gasteiger partial charge in [-0.25, -0.2) is 4.98 Å². The fourth-order valence-electron chi connectivity index (χ4n) is 4.13. The maximum Gasteiger partial charge on any atom is 0.303 e. The van der Waals surface area contributed by atoms with Crippen LogP contribution in [0.4, 0.5) is 0 Å². The minimum atomic E-state index is -0.719. The summed E-state index contributed by atoms with van der Waals surface area (Å²) >= 11 is 1.82. The zero-order valence-electron chi connectivity index (χ0n) is 16.5. The molecular formula is C23H26N2O2S. The summed E-state index contributed by atoms with van der Waals surface area (Å²) in [5.74, 6) is -0.719. The normalized spacial score (nSPS) is 13.6. The molecule has 0 unspecified atom stereocenters. The van der Waals surface area contributed by atoms with Gasteiger partial charge in [-0.2, -0.15) is 0 Å². The average Bonchev–Trinajstić information content (AvgIpc) is 3.03. The van der Waals surface area contributed by atoms with Crippen molar-refractivity contribution in [3.63, 3.8) is 0 Å². The highest BCUT2D eigenvalue weighted by atomic mass is 32.1. The second kappa shape index (κ2) is 8.02. The molecule has 0 aliphatic carbocycles. The van der Waals surface area contributed by atoms with E-state index in [2.05, 4.69) is 43.4 Å². The lowest BCUT2D eigenvalue weighted by atomic mass is 9.90. The summed E-state index contributed by atoms with van der Waals surface area (Å²) in [4.78, 5) is 18.4.